The Kier molecular flexibility index (Phi) is 8.10. The van der Waals surface area contributed by atoms with Gasteiger partial charge in [0.15, 0.2) is 11.4 Å². The smallest absolute Gasteiger partial charge is 0.299 e. The molecule has 1 aromatic heterocycles. The largest absolute Gasteiger partial charge is 0.453 e. The van der Waals surface area contributed by atoms with Gasteiger partial charge in [-0.15, -0.1) is 0 Å². The third kappa shape index (κ3) is 6.48. The number of halogens is 3. The highest BCUT2D eigenvalue weighted by Gasteiger charge is 2.17. The van der Waals surface area contributed by atoms with Crippen LogP contribution in [0.1, 0.15) is 15.9 Å². The average Bonchev–Trinajstić information content (AvgIpc) is 2.96. The van der Waals surface area contributed by atoms with Crippen LogP contribution in [0.4, 0.5) is 15.8 Å². The Labute approximate surface area is 238 Å². The molecule has 0 saturated heterocycles. The van der Waals surface area contributed by atoms with E-state index in [9.17, 15) is 14.0 Å². The summed E-state index contributed by atoms with van der Waals surface area (Å²) < 4.78 is 20.3. The van der Waals surface area contributed by atoms with Gasteiger partial charge in [0, 0.05) is 27.8 Å². The lowest BCUT2D eigenvalue weighted by molar-refractivity contribution is 0.0951. The van der Waals surface area contributed by atoms with Gasteiger partial charge in [0.25, 0.3) is 11.5 Å². The van der Waals surface area contributed by atoms with Crippen LogP contribution in [0.2, 0.25) is 10.0 Å². The first kappa shape index (κ1) is 26.9. The SMILES string of the molecule is O=C(NCc1ccc(F)cc1)c1cccc(Nc2c(Oc3ccc(Cl)cc3)cnn(-c3cccc(Cl)c3)c2=O)c1. The second-order valence-corrected chi connectivity index (χ2v) is 9.52. The molecule has 0 aliphatic carbocycles. The Bertz CT molecular complexity index is 1730. The number of carbonyl (C=O) groups is 1. The summed E-state index contributed by atoms with van der Waals surface area (Å²) in [6.45, 7) is 0.227. The fourth-order valence-electron chi connectivity index (χ4n) is 3.82. The number of anilines is 2. The number of nitrogens with zero attached hydrogens (tertiary/aromatic N) is 2. The second-order valence-electron chi connectivity index (χ2n) is 8.65. The minimum Gasteiger partial charge on any atom is -0.453 e. The second kappa shape index (κ2) is 12.0. The van der Waals surface area contributed by atoms with E-state index in [4.69, 9.17) is 27.9 Å². The molecule has 0 atom stereocenters. The van der Waals surface area contributed by atoms with Gasteiger partial charge in [0.1, 0.15) is 11.6 Å². The van der Waals surface area contributed by atoms with Gasteiger partial charge in [-0.2, -0.15) is 9.78 Å². The lowest BCUT2D eigenvalue weighted by Crippen LogP contribution is -2.24. The number of ether oxygens (including phenoxy) is 1. The van der Waals surface area contributed by atoms with E-state index in [2.05, 4.69) is 15.7 Å². The molecule has 5 aromatic rings. The summed E-state index contributed by atoms with van der Waals surface area (Å²) in [4.78, 5) is 26.5. The third-order valence-electron chi connectivity index (χ3n) is 5.80. The van der Waals surface area contributed by atoms with Gasteiger partial charge in [-0.1, -0.05) is 47.5 Å². The number of aromatic nitrogens is 2. The van der Waals surface area contributed by atoms with Crippen LogP contribution in [0.3, 0.4) is 0 Å². The molecule has 0 aliphatic heterocycles. The number of nitrogens with one attached hydrogen (secondary N) is 2. The Morgan fingerprint density at radius 1 is 0.900 bits per heavy atom. The van der Waals surface area contributed by atoms with Crippen molar-refractivity contribution in [3.63, 3.8) is 0 Å². The van der Waals surface area contributed by atoms with E-state index < -0.39 is 5.56 Å². The summed E-state index contributed by atoms with van der Waals surface area (Å²) in [6.07, 6.45) is 1.42. The highest BCUT2D eigenvalue weighted by atomic mass is 35.5. The summed E-state index contributed by atoms with van der Waals surface area (Å²) in [5.74, 6) is -0.0738. The van der Waals surface area contributed by atoms with Crippen molar-refractivity contribution in [2.45, 2.75) is 6.54 Å². The zero-order valence-corrected chi connectivity index (χ0v) is 22.3. The molecule has 0 fully saturated rings. The fraction of sp³-hybridized carbons (Fsp3) is 0.0333. The van der Waals surface area contributed by atoms with Gasteiger partial charge in [0.2, 0.25) is 0 Å². The molecule has 200 valence electrons. The van der Waals surface area contributed by atoms with E-state index in [-0.39, 0.29) is 29.7 Å². The summed E-state index contributed by atoms with van der Waals surface area (Å²) in [5, 5.41) is 11.2. The van der Waals surface area contributed by atoms with Crippen LogP contribution >= 0.6 is 23.2 Å². The van der Waals surface area contributed by atoms with Crippen LogP contribution in [-0.4, -0.2) is 15.7 Å². The topological polar surface area (TPSA) is 85.2 Å². The van der Waals surface area contributed by atoms with Crippen LogP contribution in [-0.2, 0) is 6.54 Å². The van der Waals surface area contributed by atoms with Crippen molar-refractivity contribution < 1.29 is 13.9 Å². The molecule has 1 amide bonds. The minimum absolute atomic E-state index is 0.0915. The number of carbonyl (C=O) groups excluding carboxylic acids is 1. The van der Waals surface area contributed by atoms with Gasteiger partial charge in [-0.25, -0.2) is 4.39 Å². The molecule has 0 bridgehead atoms. The molecule has 4 aromatic carbocycles. The van der Waals surface area contributed by atoms with Gasteiger partial charge in [-0.05, 0) is 78.4 Å². The van der Waals surface area contributed by atoms with Crippen LogP contribution in [0.25, 0.3) is 5.69 Å². The number of amides is 1. The van der Waals surface area contributed by atoms with Gasteiger partial charge in [-0.3, -0.25) is 9.59 Å². The Balaban J connectivity index is 1.45. The van der Waals surface area contributed by atoms with Crippen LogP contribution in [0.15, 0.2) is 108 Å². The van der Waals surface area contributed by atoms with Gasteiger partial charge < -0.3 is 15.4 Å². The Hall–Kier alpha value is -4.66. The molecule has 0 saturated carbocycles. The standard InChI is InChI=1S/C30H21Cl2FN4O3/c31-21-9-13-26(14-10-21)40-27-18-35-37(25-6-2-4-22(32)16-25)30(39)28(27)36-24-5-1-3-20(15-24)29(38)34-17-19-7-11-23(33)12-8-19/h1-16,18,36H,17H2,(H,34,38). The first-order chi connectivity index (χ1) is 19.4. The molecule has 1 heterocycles. The predicted molar refractivity (Wildman–Crippen MR) is 154 cm³/mol. The maximum Gasteiger partial charge on any atom is 0.299 e. The zero-order chi connectivity index (χ0) is 28.1. The van der Waals surface area contributed by atoms with E-state index in [0.29, 0.717) is 32.7 Å². The molecule has 0 radical (unpaired) electrons. The summed E-state index contributed by atoms with van der Waals surface area (Å²) >= 11 is 12.1. The molecule has 40 heavy (non-hydrogen) atoms. The van der Waals surface area contributed by atoms with Crippen molar-refractivity contribution >= 4 is 40.5 Å². The highest BCUT2D eigenvalue weighted by Crippen LogP contribution is 2.30. The number of benzene rings is 4. The monoisotopic (exact) mass is 574 g/mol. The van der Waals surface area contributed by atoms with Gasteiger partial charge >= 0.3 is 0 Å². The third-order valence-corrected chi connectivity index (χ3v) is 6.28. The van der Waals surface area contributed by atoms with E-state index in [0.717, 1.165) is 5.56 Å². The van der Waals surface area contributed by atoms with Crippen LogP contribution in [0.5, 0.6) is 11.5 Å². The molecule has 0 unspecified atom stereocenters. The molecular formula is C30H21Cl2FN4O3. The molecular weight excluding hydrogens is 554 g/mol. The average molecular weight is 575 g/mol. The number of hydrogen-bond donors (Lipinski definition) is 2. The predicted octanol–water partition coefficient (Wildman–Crippen LogP) is 7.14. The summed E-state index contributed by atoms with van der Waals surface area (Å²) in [6, 6.07) is 25.9. The van der Waals surface area contributed by atoms with E-state index in [1.807, 2.05) is 0 Å². The van der Waals surface area contributed by atoms with E-state index >= 15 is 0 Å². The summed E-state index contributed by atoms with van der Waals surface area (Å²) in [5.41, 5.74) is 1.64. The molecule has 7 nitrogen and oxygen atoms in total. The molecule has 2 N–H and O–H groups in total. The van der Waals surface area contributed by atoms with E-state index in [1.54, 1.807) is 84.9 Å². The fourth-order valence-corrected chi connectivity index (χ4v) is 4.13. The van der Waals surface area contributed by atoms with Crippen molar-refractivity contribution in [1.29, 1.82) is 0 Å². The van der Waals surface area contributed by atoms with Crippen molar-refractivity contribution in [3.05, 3.63) is 141 Å². The molecule has 0 aliphatic rings. The molecule has 0 spiro atoms. The minimum atomic E-state index is -0.500. The van der Waals surface area contributed by atoms with Crippen LogP contribution in [0, 0.1) is 5.82 Å². The maximum atomic E-state index is 13.6. The Morgan fingerprint density at radius 3 is 2.40 bits per heavy atom. The quantitative estimate of drug-likeness (QED) is 0.205. The number of rotatable bonds is 8. The van der Waals surface area contributed by atoms with Crippen molar-refractivity contribution in [1.82, 2.24) is 15.1 Å². The first-order valence-electron chi connectivity index (χ1n) is 12.1. The highest BCUT2D eigenvalue weighted by molar-refractivity contribution is 6.31. The number of hydrogen-bond acceptors (Lipinski definition) is 5. The van der Waals surface area contributed by atoms with Gasteiger partial charge in [0.05, 0.1) is 11.9 Å². The lowest BCUT2D eigenvalue weighted by atomic mass is 10.1. The molecule has 10 heteroatoms. The van der Waals surface area contributed by atoms with Crippen molar-refractivity contribution in [3.8, 4) is 17.2 Å². The van der Waals surface area contributed by atoms with Crippen molar-refractivity contribution in [2.75, 3.05) is 5.32 Å². The maximum absolute atomic E-state index is 13.6. The summed E-state index contributed by atoms with van der Waals surface area (Å²) in [7, 11) is 0. The zero-order valence-electron chi connectivity index (χ0n) is 20.8. The first-order valence-corrected chi connectivity index (χ1v) is 12.8. The van der Waals surface area contributed by atoms with E-state index in [1.165, 1.54) is 23.0 Å². The normalized spacial score (nSPS) is 10.7. The van der Waals surface area contributed by atoms with Crippen LogP contribution < -0.4 is 20.9 Å². The van der Waals surface area contributed by atoms with Crippen molar-refractivity contribution in [2.24, 2.45) is 0 Å². The lowest BCUT2D eigenvalue weighted by Gasteiger charge is -2.15. The molecule has 5 rings (SSSR count). The Morgan fingerprint density at radius 2 is 1.65 bits per heavy atom.